The maximum atomic E-state index is 12.3. The lowest BCUT2D eigenvalue weighted by Crippen LogP contribution is -2.46. The topological polar surface area (TPSA) is 69.0 Å². The van der Waals surface area contributed by atoms with Crippen molar-refractivity contribution >= 4 is 35.3 Å². The first-order valence-corrected chi connectivity index (χ1v) is 10.4. The minimum Gasteiger partial charge on any atom is -0.316 e. The molecule has 0 bridgehead atoms. The van der Waals surface area contributed by atoms with E-state index >= 15 is 0 Å². The van der Waals surface area contributed by atoms with Crippen LogP contribution in [0.5, 0.6) is 0 Å². The summed E-state index contributed by atoms with van der Waals surface area (Å²) in [5.74, 6) is 1.02. The minimum atomic E-state index is -0.319. The van der Waals surface area contributed by atoms with E-state index < -0.39 is 0 Å². The number of hydrogen-bond acceptors (Lipinski definition) is 5. The van der Waals surface area contributed by atoms with Crippen molar-refractivity contribution in [2.24, 2.45) is 0 Å². The molecule has 2 N–H and O–H groups in total. The molecule has 27 heavy (non-hydrogen) atoms. The smallest absolute Gasteiger partial charge is 0.272 e. The van der Waals surface area contributed by atoms with Crippen LogP contribution in [0.3, 0.4) is 0 Å². The van der Waals surface area contributed by atoms with Gasteiger partial charge in [0.15, 0.2) is 0 Å². The highest BCUT2D eigenvalue weighted by Gasteiger charge is 1.99. The van der Waals surface area contributed by atoms with Gasteiger partial charge in [-0.1, -0.05) is 12.1 Å². The molecule has 0 aliphatic carbocycles. The Morgan fingerprint density at radius 2 is 1.59 bits per heavy atom. The normalized spacial score (nSPS) is 12.9. The van der Waals surface area contributed by atoms with Crippen molar-refractivity contribution in [1.29, 1.82) is 0 Å². The number of H-pyrrole nitrogens is 2. The summed E-state index contributed by atoms with van der Waals surface area (Å²) in [6.07, 6.45) is 3.35. The number of aromatic amines is 2. The lowest BCUT2D eigenvalue weighted by molar-refractivity contribution is 0.437. The Morgan fingerprint density at radius 3 is 2.15 bits per heavy atom. The van der Waals surface area contributed by atoms with Crippen molar-refractivity contribution in [2.75, 3.05) is 26.4 Å². The SMILES string of the molecule is CN(C)CCSc1ccc(C=c2[nH]c(=O)c(=Cc3ccsc3)[nH]c2=O)cc1. The van der Waals surface area contributed by atoms with Gasteiger partial charge < -0.3 is 14.9 Å². The summed E-state index contributed by atoms with van der Waals surface area (Å²) in [6.45, 7) is 1.02. The largest absolute Gasteiger partial charge is 0.316 e. The van der Waals surface area contributed by atoms with Crippen LogP contribution in [0.25, 0.3) is 12.2 Å². The first-order valence-electron chi connectivity index (χ1n) is 8.47. The van der Waals surface area contributed by atoms with Gasteiger partial charge in [-0.2, -0.15) is 11.3 Å². The average Bonchev–Trinajstić information content (AvgIpc) is 3.13. The number of nitrogens with zero attached hydrogens (tertiary/aromatic N) is 1. The number of rotatable bonds is 6. The first-order chi connectivity index (χ1) is 13.0. The summed E-state index contributed by atoms with van der Waals surface area (Å²) in [5, 5.41) is 4.33. The van der Waals surface area contributed by atoms with Gasteiger partial charge in [-0.3, -0.25) is 9.59 Å². The van der Waals surface area contributed by atoms with E-state index in [1.165, 1.54) is 16.2 Å². The van der Waals surface area contributed by atoms with E-state index in [1.807, 2.05) is 41.1 Å². The Morgan fingerprint density at radius 1 is 0.963 bits per heavy atom. The summed E-state index contributed by atoms with van der Waals surface area (Å²) >= 11 is 3.32. The van der Waals surface area contributed by atoms with Crippen molar-refractivity contribution in [2.45, 2.75) is 4.90 Å². The van der Waals surface area contributed by atoms with Crippen LogP contribution in [0.4, 0.5) is 0 Å². The lowest BCUT2D eigenvalue weighted by Gasteiger charge is -2.08. The molecule has 5 nitrogen and oxygen atoms in total. The molecule has 3 aromatic rings. The van der Waals surface area contributed by atoms with Gasteiger partial charge in [0.25, 0.3) is 11.1 Å². The molecule has 0 saturated heterocycles. The molecule has 1 aromatic carbocycles. The highest BCUT2D eigenvalue weighted by atomic mass is 32.2. The maximum absolute atomic E-state index is 12.3. The molecule has 2 aromatic heterocycles. The van der Waals surface area contributed by atoms with Gasteiger partial charge in [0.05, 0.1) is 0 Å². The zero-order valence-electron chi connectivity index (χ0n) is 15.2. The van der Waals surface area contributed by atoms with E-state index in [-0.39, 0.29) is 21.8 Å². The number of benzene rings is 1. The van der Waals surface area contributed by atoms with Gasteiger partial charge in [-0.25, -0.2) is 0 Å². The number of hydrogen-bond donors (Lipinski definition) is 2. The molecule has 0 unspecified atom stereocenters. The van der Waals surface area contributed by atoms with Crippen LogP contribution >= 0.6 is 23.1 Å². The van der Waals surface area contributed by atoms with Crippen molar-refractivity contribution in [1.82, 2.24) is 14.9 Å². The number of aromatic nitrogens is 2. The molecule has 0 aliphatic heterocycles. The summed E-state index contributed by atoms with van der Waals surface area (Å²) in [7, 11) is 4.11. The quantitative estimate of drug-likeness (QED) is 0.616. The summed E-state index contributed by atoms with van der Waals surface area (Å²) < 4.78 is 0. The molecule has 0 aliphatic rings. The van der Waals surface area contributed by atoms with E-state index in [1.54, 1.807) is 23.9 Å². The van der Waals surface area contributed by atoms with E-state index in [4.69, 9.17) is 0 Å². The average molecular weight is 400 g/mol. The van der Waals surface area contributed by atoms with Crippen molar-refractivity contribution in [3.63, 3.8) is 0 Å². The molecule has 3 rings (SSSR count). The predicted molar refractivity (Wildman–Crippen MR) is 114 cm³/mol. The number of thiophene rings is 1. The molecule has 7 heteroatoms. The van der Waals surface area contributed by atoms with Gasteiger partial charge in [-0.05, 0) is 66.3 Å². The third-order valence-electron chi connectivity index (χ3n) is 3.84. The summed E-state index contributed by atoms with van der Waals surface area (Å²) in [6, 6.07) is 9.83. The standard InChI is InChI=1S/C20H21N3O2S2/c1-23(2)8-10-27-16-5-3-14(4-6-16)11-17-19(24)22-18(20(25)21-17)12-15-7-9-26-13-15/h3-7,9,11-13H,8,10H2,1-2H3,(H,21,25)(H,22,24). The maximum Gasteiger partial charge on any atom is 0.272 e. The second-order valence-electron chi connectivity index (χ2n) is 6.30. The summed E-state index contributed by atoms with van der Waals surface area (Å²) in [4.78, 5) is 33.2. The molecular formula is C20H21N3O2S2. The van der Waals surface area contributed by atoms with Gasteiger partial charge in [0.2, 0.25) is 0 Å². The zero-order chi connectivity index (χ0) is 19.2. The molecule has 0 amide bonds. The van der Waals surface area contributed by atoms with Crippen LogP contribution in [0, 0.1) is 0 Å². The van der Waals surface area contributed by atoms with Crippen molar-refractivity contribution in [3.05, 3.63) is 83.6 Å². The van der Waals surface area contributed by atoms with Gasteiger partial charge in [-0.15, -0.1) is 11.8 Å². The molecule has 0 saturated carbocycles. The van der Waals surface area contributed by atoms with Crippen LogP contribution < -0.4 is 21.8 Å². The Bertz CT molecular complexity index is 1110. The zero-order valence-corrected chi connectivity index (χ0v) is 16.8. The molecular weight excluding hydrogens is 378 g/mol. The van der Waals surface area contributed by atoms with E-state index in [0.717, 1.165) is 23.4 Å². The fraction of sp³-hybridized carbons (Fsp3) is 0.200. The Kier molecular flexibility index (Phi) is 6.49. The Balaban J connectivity index is 1.84. The highest BCUT2D eigenvalue weighted by molar-refractivity contribution is 7.99. The Labute approximate surface area is 165 Å². The lowest BCUT2D eigenvalue weighted by atomic mass is 10.2. The van der Waals surface area contributed by atoms with Crippen LogP contribution in [0.2, 0.25) is 0 Å². The third-order valence-corrected chi connectivity index (χ3v) is 5.53. The van der Waals surface area contributed by atoms with Gasteiger partial charge in [0, 0.05) is 17.2 Å². The fourth-order valence-electron chi connectivity index (χ4n) is 2.39. The van der Waals surface area contributed by atoms with Crippen LogP contribution in [-0.2, 0) is 0 Å². The van der Waals surface area contributed by atoms with Crippen LogP contribution in [-0.4, -0.2) is 41.3 Å². The molecule has 140 valence electrons. The summed E-state index contributed by atoms with van der Waals surface area (Å²) in [5.41, 5.74) is 1.12. The third kappa shape index (κ3) is 5.56. The molecule has 0 atom stereocenters. The van der Waals surface area contributed by atoms with Gasteiger partial charge in [0.1, 0.15) is 10.7 Å². The van der Waals surface area contributed by atoms with E-state index in [9.17, 15) is 9.59 Å². The monoisotopic (exact) mass is 399 g/mol. The number of thioether (sulfide) groups is 1. The van der Waals surface area contributed by atoms with Crippen molar-refractivity contribution < 1.29 is 0 Å². The highest BCUT2D eigenvalue weighted by Crippen LogP contribution is 2.18. The first kappa shape index (κ1) is 19.4. The molecule has 2 heterocycles. The predicted octanol–water partition coefficient (Wildman–Crippen LogP) is 1.44. The molecule has 0 fully saturated rings. The molecule has 0 spiro atoms. The van der Waals surface area contributed by atoms with Crippen molar-refractivity contribution in [3.8, 4) is 0 Å². The Hall–Kier alpha value is -2.35. The second kappa shape index (κ2) is 9.03. The van der Waals surface area contributed by atoms with Gasteiger partial charge >= 0.3 is 0 Å². The minimum absolute atomic E-state index is 0.246. The second-order valence-corrected chi connectivity index (χ2v) is 8.25. The molecule has 0 radical (unpaired) electrons. The van der Waals surface area contributed by atoms with E-state index in [0.29, 0.717) is 0 Å². The van der Waals surface area contributed by atoms with Crippen LogP contribution in [0.15, 0.2) is 55.6 Å². The van der Waals surface area contributed by atoms with Crippen LogP contribution in [0.1, 0.15) is 11.1 Å². The number of nitrogens with one attached hydrogen (secondary N) is 2. The fourth-order valence-corrected chi connectivity index (χ4v) is 4.03. The van der Waals surface area contributed by atoms with E-state index in [2.05, 4.69) is 29.0 Å².